The summed E-state index contributed by atoms with van der Waals surface area (Å²) in [6, 6.07) is 8.81. The fourth-order valence-electron chi connectivity index (χ4n) is 2.67. The summed E-state index contributed by atoms with van der Waals surface area (Å²) in [6.45, 7) is 0. The van der Waals surface area contributed by atoms with Crippen molar-refractivity contribution in [3.05, 3.63) is 54.1 Å². The number of hydrogen-bond donors (Lipinski definition) is 1. The van der Waals surface area contributed by atoms with Gasteiger partial charge in [-0.25, -0.2) is 23.1 Å². The number of pyridine rings is 2. The van der Waals surface area contributed by atoms with Crippen LogP contribution in [0.3, 0.4) is 0 Å². The Hall–Kier alpha value is -2.65. The van der Waals surface area contributed by atoms with E-state index >= 15 is 0 Å². The van der Waals surface area contributed by atoms with E-state index in [2.05, 4.69) is 9.97 Å². The van der Waals surface area contributed by atoms with Gasteiger partial charge in [-0.1, -0.05) is 6.07 Å². The molecule has 0 spiro atoms. The van der Waals surface area contributed by atoms with Gasteiger partial charge in [-0.3, -0.25) is 9.78 Å². The van der Waals surface area contributed by atoms with Gasteiger partial charge in [-0.2, -0.15) is 0 Å². The summed E-state index contributed by atoms with van der Waals surface area (Å²) in [5.41, 5.74) is 2.58. The second-order valence-corrected chi connectivity index (χ2v) is 9.11. The Morgan fingerprint density at radius 2 is 2.00 bits per heavy atom. The SMILES string of the molecule is CS(=O)(=O)NC(=O)c1cccc(-c2sc(-c3cccnc3)nc2C2CC2)n1. The molecule has 138 valence electrons. The highest BCUT2D eigenvalue weighted by Gasteiger charge is 2.31. The molecule has 9 heteroatoms. The van der Waals surface area contributed by atoms with E-state index < -0.39 is 15.9 Å². The lowest BCUT2D eigenvalue weighted by Gasteiger charge is -2.05. The van der Waals surface area contributed by atoms with E-state index in [-0.39, 0.29) is 5.69 Å². The van der Waals surface area contributed by atoms with Crippen LogP contribution in [0.5, 0.6) is 0 Å². The minimum absolute atomic E-state index is 0.0519. The lowest BCUT2D eigenvalue weighted by molar-refractivity contribution is 0.0977. The number of carbonyl (C=O) groups is 1. The summed E-state index contributed by atoms with van der Waals surface area (Å²) in [6.07, 6.45) is 6.58. The molecular weight excluding hydrogens is 384 g/mol. The van der Waals surface area contributed by atoms with Crippen LogP contribution in [0.15, 0.2) is 42.7 Å². The van der Waals surface area contributed by atoms with Crippen molar-refractivity contribution < 1.29 is 13.2 Å². The van der Waals surface area contributed by atoms with Gasteiger partial charge in [0.15, 0.2) is 0 Å². The first-order valence-electron chi connectivity index (χ1n) is 8.31. The van der Waals surface area contributed by atoms with E-state index in [4.69, 9.17) is 4.98 Å². The van der Waals surface area contributed by atoms with Crippen LogP contribution in [0, 0.1) is 0 Å². The third-order valence-electron chi connectivity index (χ3n) is 4.02. The molecule has 1 saturated carbocycles. The van der Waals surface area contributed by atoms with E-state index in [0.717, 1.165) is 40.2 Å². The maximum atomic E-state index is 12.1. The highest BCUT2D eigenvalue weighted by Crippen LogP contribution is 2.47. The summed E-state index contributed by atoms with van der Waals surface area (Å²) in [7, 11) is -3.65. The molecule has 0 saturated heterocycles. The van der Waals surface area contributed by atoms with Crippen molar-refractivity contribution in [2.45, 2.75) is 18.8 Å². The van der Waals surface area contributed by atoms with Crippen molar-refractivity contribution in [2.24, 2.45) is 0 Å². The molecule has 3 aromatic heterocycles. The molecule has 4 rings (SSSR count). The highest BCUT2D eigenvalue weighted by atomic mass is 32.2. The van der Waals surface area contributed by atoms with Gasteiger partial charge in [0.05, 0.1) is 22.5 Å². The van der Waals surface area contributed by atoms with Gasteiger partial charge < -0.3 is 0 Å². The normalized spacial score (nSPS) is 14.1. The number of thiazole rings is 1. The third-order valence-corrected chi connectivity index (χ3v) is 5.72. The van der Waals surface area contributed by atoms with Crippen molar-refractivity contribution in [3.8, 4) is 21.1 Å². The van der Waals surface area contributed by atoms with Gasteiger partial charge in [0.25, 0.3) is 5.91 Å². The quantitative estimate of drug-likeness (QED) is 0.707. The first-order chi connectivity index (χ1) is 12.9. The zero-order chi connectivity index (χ0) is 19.0. The van der Waals surface area contributed by atoms with Crippen LogP contribution in [0.1, 0.15) is 34.9 Å². The zero-order valence-electron chi connectivity index (χ0n) is 14.4. The predicted octanol–water partition coefficient (Wildman–Crippen LogP) is 2.83. The molecule has 1 aliphatic carbocycles. The lowest BCUT2D eigenvalue weighted by Crippen LogP contribution is -2.30. The van der Waals surface area contributed by atoms with Crippen LogP contribution in [0.25, 0.3) is 21.1 Å². The summed E-state index contributed by atoms with van der Waals surface area (Å²) < 4.78 is 24.6. The molecule has 3 aromatic rings. The van der Waals surface area contributed by atoms with Gasteiger partial charge >= 0.3 is 0 Å². The smallest absolute Gasteiger partial charge is 0.266 e. The van der Waals surface area contributed by atoms with Crippen molar-refractivity contribution in [1.29, 1.82) is 0 Å². The first-order valence-corrected chi connectivity index (χ1v) is 11.0. The zero-order valence-corrected chi connectivity index (χ0v) is 16.0. The van der Waals surface area contributed by atoms with E-state index in [9.17, 15) is 13.2 Å². The summed E-state index contributed by atoms with van der Waals surface area (Å²) >= 11 is 1.50. The van der Waals surface area contributed by atoms with Crippen LogP contribution in [0.4, 0.5) is 0 Å². The number of aromatic nitrogens is 3. The van der Waals surface area contributed by atoms with Crippen molar-refractivity contribution in [1.82, 2.24) is 19.7 Å². The van der Waals surface area contributed by atoms with Crippen molar-refractivity contribution >= 4 is 27.3 Å². The van der Waals surface area contributed by atoms with Crippen molar-refractivity contribution in [3.63, 3.8) is 0 Å². The molecule has 3 heterocycles. The molecule has 0 unspecified atom stereocenters. The van der Waals surface area contributed by atoms with Gasteiger partial charge in [0, 0.05) is 23.9 Å². The van der Waals surface area contributed by atoms with Gasteiger partial charge in [-0.15, -0.1) is 11.3 Å². The molecular formula is C18H16N4O3S2. The number of amides is 1. The molecule has 0 aromatic carbocycles. The Kier molecular flexibility index (Phi) is 4.48. The third kappa shape index (κ3) is 4.04. The van der Waals surface area contributed by atoms with Gasteiger partial charge in [0.2, 0.25) is 10.0 Å². The fraction of sp³-hybridized carbons (Fsp3) is 0.222. The molecule has 0 aliphatic heterocycles. The molecule has 0 bridgehead atoms. The fourth-order valence-corrected chi connectivity index (χ4v) is 4.22. The Labute approximate surface area is 160 Å². The van der Waals surface area contributed by atoms with E-state index in [1.165, 1.54) is 17.4 Å². The van der Waals surface area contributed by atoms with Crippen LogP contribution in [-0.4, -0.2) is 35.5 Å². The first kappa shape index (κ1) is 17.7. The number of nitrogens with one attached hydrogen (secondary N) is 1. The molecule has 27 heavy (non-hydrogen) atoms. The summed E-state index contributed by atoms with van der Waals surface area (Å²) in [5, 5.41) is 0.854. The maximum Gasteiger partial charge on any atom is 0.283 e. The minimum atomic E-state index is -3.65. The topological polar surface area (TPSA) is 102 Å². The Bertz CT molecular complexity index is 1110. The number of hydrogen-bond acceptors (Lipinski definition) is 7. The van der Waals surface area contributed by atoms with Gasteiger partial charge in [0.1, 0.15) is 10.7 Å². The standard InChI is InChI=1S/C18H16N4O3S2/c1-27(24,25)22-17(23)14-6-2-5-13(20-14)16-15(11-7-8-11)21-18(26-16)12-4-3-9-19-10-12/h2-6,9-11H,7-8H2,1H3,(H,22,23). The highest BCUT2D eigenvalue weighted by molar-refractivity contribution is 7.89. The summed E-state index contributed by atoms with van der Waals surface area (Å²) in [5.74, 6) is -0.346. The second kappa shape index (κ2) is 6.82. The van der Waals surface area contributed by atoms with Crippen LogP contribution < -0.4 is 4.72 Å². The monoisotopic (exact) mass is 400 g/mol. The largest absolute Gasteiger partial charge is 0.283 e. The van der Waals surface area contributed by atoms with Crippen LogP contribution in [0.2, 0.25) is 0 Å². The second-order valence-electron chi connectivity index (χ2n) is 6.36. The molecule has 7 nitrogen and oxygen atoms in total. The number of nitrogens with zero attached hydrogens (tertiary/aromatic N) is 3. The number of sulfonamides is 1. The van der Waals surface area contributed by atoms with Crippen molar-refractivity contribution in [2.75, 3.05) is 6.26 Å². The molecule has 1 aliphatic rings. The Balaban J connectivity index is 1.74. The maximum absolute atomic E-state index is 12.1. The minimum Gasteiger partial charge on any atom is -0.266 e. The van der Waals surface area contributed by atoms with Gasteiger partial charge in [-0.05, 0) is 37.1 Å². The molecule has 1 fully saturated rings. The summed E-state index contributed by atoms with van der Waals surface area (Å²) in [4.78, 5) is 26.4. The average molecular weight is 400 g/mol. The van der Waals surface area contributed by atoms with E-state index in [0.29, 0.717) is 11.6 Å². The molecule has 0 atom stereocenters. The number of carbonyl (C=O) groups excluding carboxylic acids is 1. The predicted molar refractivity (Wildman–Crippen MR) is 103 cm³/mol. The van der Waals surface area contributed by atoms with Crippen LogP contribution >= 0.6 is 11.3 Å². The lowest BCUT2D eigenvalue weighted by atomic mass is 10.2. The molecule has 1 N–H and O–H groups in total. The van der Waals surface area contributed by atoms with E-state index in [1.54, 1.807) is 18.5 Å². The molecule has 1 amide bonds. The number of rotatable bonds is 5. The van der Waals surface area contributed by atoms with E-state index in [1.807, 2.05) is 22.9 Å². The average Bonchev–Trinajstić information content (AvgIpc) is 3.39. The molecule has 0 radical (unpaired) electrons. The Morgan fingerprint density at radius 3 is 2.67 bits per heavy atom. The van der Waals surface area contributed by atoms with Crippen LogP contribution in [-0.2, 0) is 10.0 Å². The Morgan fingerprint density at radius 1 is 1.19 bits per heavy atom.